The molecule has 1 saturated heterocycles. The fraction of sp³-hybridized carbons (Fsp3) is 0.560. The molecular formula is C25H33N3O6S. The Morgan fingerprint density at radius 3 is 2.89 bits per heavy atom. The number of carbonyl (C=O) groups is 1. The van der Waals surface area contributed by atoms with Crippen LogP contribution < -0.4 is 4.72 Å². The summed E-state index contributed by atoms with van der Waals surface area (Å²) in [4.78, 5) is 15.8. The minimum absolute atomic E-state index is 0.0685. The Balaban J connectivity index is 1.64. The van der Waals surface area contributed by atoms with E-state index in [0.717, 1.165) is 54.5 Å². The molecule has 0 radical (unpaired) electrons. The van der Waals surface area contributed by atoms with Crippen LogP contribution in [0.2, 0.25) is 0 Å². The van der Waals surface area contributed by atoms with Crippen LogP contribution in [0.3, 0.4) is 0 Å². The van der Waals surface area contributed by atoms with E-state index in [1.165, 1.54) is 0 Å². The summed E-state index contributed by atoms with van der Waals surface area (Å²) in [6.07, 6.45) is 5.41. The first-order valence-corrected chi connectivity index (χ1v) is 13.7. The Bertz CT molecular complexity index is 1280. The van der Waals surface area contributed by atoms with Crippen LogP contribution in [0.15, 0.2) is 29.2 Å². The number of nitrogens with one attached hydrogen (secondary N) is 1. The number of ether oxygens (including phenoxy) is 2. The van der Waals surface area contributed by atoms with Gasteiger partial charge in [-0.25, -0.2) is 17.9 Å². The van der Waals surface area contributed by atoms with Gasteiger partial charge < -0.3 is 19.1 Å². The molecule has 0 spiro atoms. The summed E-state index contributed by atoms with van der Waals surface area (Å²) in [7, 11) is -2.10. The summed E-state index contributed by atoms with van der Waals surface area (Å²) in [5, 5.41) is 10.0. The van der Waals surface area contributed by atoms with Crippen LogP contribution in [0.4, 0.5) is 0 Å². The van der Waals surface area contributed by atoms with Crippen LogP contribution in [0.25, 0.3) is 16.6 Å². The van der Waals surface area contributed by atoms with E-state index in [9.17, 15) is 18.3 Å². The summed E-state index contributed by atoms with van der Waals surface area (Å²) in [6, 6.07) is 5.25. The van der Waals surface area contributed by atoms with Gasteiger partial charge in [-0.05, 0) is 62.1 Å². The van der Waals surface area contributed by atoms with Gasteiger partial charge in [-0.2, -0.15) is 0 Å². The summed E-state index contributed by atoms with van der Waals surface area (Å²) in [5.41, 5.74) is 3.18. The van der Waals surface area contributed by atoms with E-state index in [1.807, 2.05) is 10.6 Å². The highest BCUT2D eigenvalue weighted by atomic mass is 32.2. The number of rotatable bonds is 9. The number of benzene rings is 1. The van der Waals surface area contributed by atoms with E-state index in [2.05, 4.69) is 16.5 Å². The van der Waals surface area contributed by atoms with Crippen molar-refractivity contribution in [2.45, 2.75) is 43.5 Å². The number of piperidine rings is 1. The van der Waals surface area contributed by atoms with Crippen molar-refractivity contribution < 1.29 is 27.8 Å². The quantitative estimate of drug-likeness (QED) is 0.398. The molecular weight excluding hydrogens is 470 g/mol. The Hall–Kier alpha value is -2.24. The van der Waals surface area contributed by atoms with E-state index < -0.39 is 16.0 Å². The van der Waals surface area contributed by atoms with Crippen LogP contribution >= 0.6 is 0 Å². The average Bonchev–Trinajstić information content (AvgIpc) is 3.18. The summed E-state index contributed by atoms with van der Waals surface area (Å²) < 4.78 is 41.0. The minimum Gasteiger partial charge on any atom is -0.459 e. The number of carbonyl (C=O) groups excluding carboxylic acids is 1. The number of aliphatic hydroxyl groups excluding tert-OH is 1. The topological polar surface area (TPSA) is 110 Å². The summed E-state index contributed by atoms with van der Waals surface area (Å²) in [5.74, 6) is -0.474. The van der Waals surface area contributed by atoms with Crippen LogP contribution in [-0.2, 0) is 30.7 Å². The van der Waals surface area contributed by atoms with Gasteiger partial charge in [0.25, 0.3) is 0 Å². The molecule has 1 aromatic heterocycles. The molecule has 0 saturated carbocycles. The lowest BCUT2D eigenvalue weighted by Gasteiger charge is -2.52. The molecule has 10 heteroatoms. The van der Waals surface area contributed by atoms with Crippen LogP contribution in [0.5, 0.6) is 0 Å². The second kappa shape index (κ2) is 9.33. The standard InChI is InChI=1S/C25H33N3O6S/c1-25-8-3-10-27-11-7-18-19-15-17(35(31,32)26-9-4-13-33-2)5-6-20(19)28(22(18)23(25)27)21(16-25)24(30)34-14-12-29/h5-6,15-16,23,26,29H,3-4,7-14H2,1-2H3/t23-,25+/m1/s1. The number of nitrogens with zero attached hydrogens (tertiary/aromatic N) is 2. The third-order valence-corrected chi connectivity index (χ3v) is 8.97. The van der Waals surface area contributed by atoms with Gasteiger partial charge >= 0.3 is 5.97 Å². The number of hydrogen-bond acceptors (Lipinski definition) is 7. The molecule has 0 unspecified atom stereocenters. The van der Waals surface area contributed by atoms with Gasteiger partial charge in [0.1, 0.15) is 12.3 Å². The molecule has 35 heavy (non-hydrogen) atoms. The monoisotopic (exact) mass is 503 g/mol. The predicted molar refractivity (Wildman–Crippen MR) is 131 cm³/mol. The largest absolute Gasteiger partial charge is 0.459 e. The molecule has 2 aromatic rings. The van der Waals surface area contributed by atoms with Crippen molar-refractivity contribution in [3.05, 3.63) is 35.5 Å². The van der Waals surface area contributed by atoms with E-state index in [-0.39, 0.29) is 29.6 Å². The molecule has 0 bridgehead atoms. The van der Waals surface area contributed by atoms with Crippen molar-refractivity contribution >= 4 is 32.6 Å². The molecule has 0 aliphatic carbocycles. The number of sulfonamides is 1. The number of fused-ring (bicyclic) bond motifs is 3. The van der Waals surface area contributed by atoms with Gasteiger partial charge in [-0.15, -0.1) is 0 Å². The minimum atomic E-state index is -3.68. The van der Waals surface area contributed by atoms with Gasteiger partial charge in [0.15, 0.2) is 0 Å². The fourth-order valence-corrected chi connectivity index (χ4v) is 7.16. The Morgan fingerprint density at radius 2 is 2.11 bits per heavy atom. The van der Waals surface area contributed by atoms with Crippen LogP contribution in [0, 0.1) is 5.41 Å². The Kier molecular flexibility index (Phi) is 6.52. The first-order chi connectivity index (χ1) is 16.8. The van der Waals surface area contributed by atoms with Crippen molar-refractivity contribution in [1.82, 2.24) is 14.2 Å². The molecule has 0 amide bonds. The number of hydrogen-bond donors (Lipinski definition) is 2. The zero-order chi connectivity index (χ0) is 24.8. The second-order valence-corrected chi connectivity index (χ2v) is 11.6. The lowest BCUT2D eigenvalue weighted by atomic mass is 9.69. The maximum atomic E-state index is 13.1. The van der Waals surface area contributed by atoms with Crippen LogP contribution in [-0.4, -0.2) is 75.5 Å². The number of esters is 1. The maximum absolute atomic E-state index is 13.1. The zero-order valence-electron chi connectivity index (χ0n) is 20.2. The third-order valence-electron chi connectivity index (χ3n) is 7.51. The first kappa shape index (κ1) is 24.5. The maximum Gasteiger partial charge on any atom is 0.355 e. The van der Waals surface area contributed by atoms with E-state index in [4.69, 9.17) is 9.47 Å². The van der Waals surface area contributed by atoms with Crippen molar-refractivity contribution in [2.24, 2.45) is 5.41 Å². The SMILES string of the molecule is COCCCNS(=O)(=O)c1ccc2c(c1)c1c3n2C(C(=O)OCCO)=C[C@]2(C)CCCN(CC1)[C@H]32. The van der Waals surface area contributed by atoms with E-state index in [0.29, 0.717) is 25.3 Å². The molecule has 1 fully saturated rings. The summed E-state index contributed by atoms with van der Waals surface area (Å²) >= 11 is 0. The third kappa shape index (κ3) is 4.11. The van der Waals surface area contributed by atoms with Crippen molar-refractivity contribution in [2.75, 3.05) is 46.6 Å². The highest BCUT2D eigenvalue weighted by molar-refractivity contribution is 7.89. The molecule has 3 aliphatic heterocycles. The zero-order valence-corrected chi connectivity index (χ0v) is 21.1. The van der Waals surface area contributed by atoms with Crippen LogP contribution in [0.1, 0.15) is 43.5 Å². The molecule has 2 atom stereocenters. The van der Waals surface area contributed by atoms with Gasteiger partial charge in [-0.1, -0.05) is 6.92 Å². The molecule has 4 heterocycles. The molecule has 2 N–H and O–H groups in total. The predicted octanol–water partition coefficient (Wildman–Crippen LogP) is 2.05. The van der Waals surface area contributed by atoms with Gasteiger partial charge in [-0.3, -0.25) is 4.90 Å². The average molecular weight is 504 g/mol. The van der Waals surface area contributed by atoms with Crippen molar-refractivity contribution in [3.8, 4) is 0 Å². The van der Waals surface area contributed by atoms with E-state index in [1.54, 1.807) is 25.3 Å². The molecule has 3 aliphatic rings. The lowest BCUT2D eigenvalue weighted by Crippen LogP contribution is -2.50. The number of methoxy groups -OCH3 is 1. The molecule has 9 nitrogen and oxygen atoms in total. The van der Waals surface area contributed by atoms with Gasteiger partial charge in [0.2, 0.25) is 10.0 Å². The Morgan fingerprint density at radius 1 is 1.29 bits per heavy atom. The van der Waals surface area contributed by atoms with Gasteiger partial charge in [0.05, 0.1) is 23.1 Å². The Labute approximate surface area is 205 Å². The smallest absolute Gasteiger partial charge is 0.355 e. The molecule has 1 aromatic carbocycles. The van der Waals surface area contributed by atoms with Crippen molar-refractivity contribution in [1.29, 1.82) is 0 Å². The van der Waals surface area contributed by atoms with Gasteiger partial charge in [0, 0.05) is 43.3 Å². The van der Waals surface area contributed by atoms with E-state index >= 15 is 0 Å². The second-order valence-electron chi connectivity index (χ2n) is 9.81. The molecule has 190 valence electrons. The number of aromatic nitrogens is 1. The lowest BCUT2D eigenvalue weighted by molar-refractivity contribution is -0.138. The first-order valence-electron chi connectivity index (χ1n) is 12.2. The normalized spacial score (nSPS) is 23.7. The highest BCUT2D eigenvalue weighted by Gasteiger charge is 2.49. The summed E-state index contributed by atoms with van der Waals surface area (Å²) in [6.45, 7) is 4.57. The molecule has 5 rings (SSSR count). The fourth-order valence-electron chi connectivity index (χ4n) is 6.06. The van der Waals surface area contributed by atoms with Crippen molar-refractivity contribution in [3.63, 3.8) is 0 Å². The number of aliphatic hydroxyl groups is 1. The highest BCUT2D eigenvalue weighted by Crippen LogP contribution is 2.55.